The third-order valence-electron chi connectivity index (χ3n) is 3.02. The lowest BCUT2D eigenvalue weighted by Gasteiger charge is -2.09. The molecule has 1 aromatic heterocycles. The molecule has 1 rings (SSSR count). The van der Waals surface area contributed by atoms with Crippen LogP contribution in [0.5, 0.6) is 0 Å². The first-order valence-corrected chi connectivity index (χ1v) is 7.07. The summed E-state index contributed by atoms with van der Waals surface area (Å²) < 4.78 is 11.5. The first-order valence-electron chi connectivity index (χ1n) is 7.07. The highest BCUT2D eigenvalue weighted by Gasteiger charge is 2.08. The van der Waals surface area contributed by atoms with Crippen LogP contribution in [-0.4, -0.2) is 12.6 Å². The number of rotatable bonds is 9. The fraction of sp³-hybridized carbons (Fsp3) is 0.733. The number of hydrogen-bond donors (Lipinski definition) is 1. The predicted octanol–water partition coefficient (Wildman–Crippen LogP) is 3.79. The van der Waals surface area contributed by atoms with Crippen LogP contribution in [-0.2, 0) is 17.9 Å². The van der Waals surface area contributed by atoms with Crippen molar-refractivity contribution in [3.63, 3.8) is 0 Å². The van der Waals surface area contributed by atoms with Gasteiger partial charge in [-0.05, 0) is 39.3 Å². The van der Waals surface area contributed by atoms with Gasteiger partial charge in [0, 0.05) is 12.1 Å². The normalized spacial score (nSPS) is 12.9. The van der Waals surface area contributed by atoms with E-state index in [2.05, 4.69) is 32.2 Å². The van der Waals surface area contributed by atoms with Crippen molar-refractivity contribution in [1.82, 2.24) is 5.32 Å². The number of hydrogen-bond acceptors (Lipinski definition) is 3. The fourth-order valence-electron chi connectivity index (χ4n) is 1.95. The zero-order chi connectivity index (χ0) is 13.4. The molecule has 0 aliphatic heterocycles. The average molecular weight is 253 g/mol. The molecule has 1 heterocycles. The van der Waals surface area contributed by atoms with E-state index in [-0.39, 0.29) is 0 Å². The smallest absolute Gasteiger partial charge is 0.130 e. The van der Waals surface area contributed by atoms with Crippen LogP contribution in [0.15, 0.2) is 10.5 Å². The first-order chi connectivity index (χ1) is 8.67. The Morgan fingerprint density at radius 2 is 2.11 bits per heavy atom. The molecule has 1 unspecified atom stereocenters. The van der Waals surface area contributed by atoms with Crippen LogP contribution >= 0.6 is 0 Å². The van der Waals surface area contributed by atoms with Crippen LogP contribution in [0.25, 0.3) is 0 Å². The zero-order valence-electron chi connectivity index (χ0n) is 12.2. The van der Waals surface area contributed by atoms with Gasteiger partial charge in [-0.3, -0.25) is 0 Å². The molecule has 0 aromatic carbocycles. The first kappa shape index (κ1) is 15.3. The van der Waals surface area contributed by atoms with E-state index in [9.17, 15) is 0 Å². The van der Waals surface area contributed by atoms with Gasteiger partial charge in [0.1, 0.15) is 18.1 Å². The Bertz CT molecular complexity index is 333. The lowest BCUT2D eigenvalue weighted by molar-refractivity contribution is 0.0369. The largest absolute Gasteiger partial charge is 0.464 e. The number of nitrogens with one attached hydrogen (secondary N) is 1. The van der Waals surface area contributed by atoms with Crippen molar-refractivity contribution in [2.75, 3.05) is 6.54 Å². The second-order valence-corrected chi connectivity index (χ2v) is 4.88. The summed E-state index contributed by atoms with van der Waals surface area (Å²) in [6.07, 6.45) is 3.72. The van der Waals surface area contributed by atoms with Gasteiger partial charge in [-0.25, -0.2) is 0 Å². The lowest BCUT2D eigenvalue weighted by Crippen LogP contribution is -2.13. The molecule has 0 bridgehead atoms. The maximum absolute atomic E-state index is 5.75. The molecule has 0 aliphatic carbocycles. The molecule has 0 spiro atoms. The van der Waals surface area contributed by atoms with E-state index in [0.717, 1.165) is 43.9 Å². The van der Waals surface area contributed by atoms with E-state index in [4.69, 9.17) is 9.15 Å². The maximum Gasteiger partial charge on any atom is 0.130 e. The fourth-order valence-corrected chi connectivity index (χ4v) is 1.95. The van der Waals surface area contributed by atoms with Crippen molar-refractivity contribution in [3.05, 3.63) is 23.2 Å². The summed E-state index contributed by atoms with van der Waals surface area (Å²) in [6, 6.07) is 2.11. The highest BCUT2D eigenvalue weighted by molar-refractivity contribution is 5.20. The average Bonchev–Trinajstić information content (AvgIpc) is 2.69. The van der Waals surface area contributed by atoms with Crippen LogP contribution in [0, 0.1) is 6.92 Å². The molecular formula is C15H27NO2. The molecule has 18 heavy (non-hydrogen) atoms. The molecule has 104 valence electrons. The van der Waals surface area contributed by atoms with Crippen LogP contribution in [0.4, 0.5) is 0 Å². The summed E-state index contributed by atoms with van der Waals surface area (Å²) in [6.45, 7) is 11.0. The lowest BCUT2D eigenvalue weighted by atomic mass is 10.2. The van der Waals surface area contributed by atoms with E-state index in [1.807, 2.05) is 6.92 Å². The number of ether oxygens (including phenoxy) is 1. The molecule has 0 saturated heterocycles. The quantitative estimate of drug-likeness (QED) is 0.680. The topological polar surface area (TPSA) is 34.4 Å². The summed E-state index contributed by atoms with van der Waals surface area (Å²) in [5, 5.41) is 3.39. The molecule has 3 heteroatoms. The van der Waals surface area contributed by atoms with Gasteiger partial charge in [0.2, 0.25) is 0 Å². The molecule has 3 nitrogen and oxygen atoms in total. The van der Waals surface area contributed by atoms with Crippen LogP contribution in [0.1, 0.15) is 57.1 Å². The molecule has 1 N–H and O–H groups in total. The Kier molecular flexibility index (Phi) is 7.06. The SMILES string of the molecule is CCCNCc1cc(COC(C)CCC)oc1C. The Labute approximate surface area is 111 Å². The van der Waals surface area contributed by atoms with Gasteiger partial charge in [-0.15, -0.1) is 0 Å². The van der Waals surface area contributed by atoms with Crippen molar-refractivity contribution < 1.29 is 9.15 Å². The van der Waals surface area contributed by atoms with Crippen molar-refractivity contribution >= 4 is 0 Å². The molecule has 0 aliphatic rings. The molecule has 0 radical (unpaired) electrons. The van der Waals surface area contributed by atoms with Crippen molar-refractivity contribution in [2.45, 2.75) is 66.2 Å². The minimum atomic E-state index is 0.307. The summed E-state index contributed by atoms with van der Waals surface area (Å²) in [5.74, 6) is 1.93. The van der Waals surface area contributed by atoms with Gasteiger partial charge in [-0.1, -0.05) is 20.3 Å². The Morgan fingerprint density at radius 1 is 1.33 bits per heavy atom. The zero-order valence-corrected chi connectivity index (χ0v) is 12.2. The third kappa shape index (κ3) is 5.23. The van der Waals surface area contributed by atoms with Gasteiger partial charge >= 0.3 is 0 Å². The molecular weight excluding hydrogens is 226 g/mol. The second-order valence-electron chi connectivity index (χ2n) is 4.88. The van der Waals surface area contributed by atoms with Crippen molar-refractivity contribution in [2.24, 2.45) is 0 Å². The van der Waals surface area contributed by atoms with Crippen molar-refractivity contribution in [3.8, 4) is 0 Å². The predicted molar refractivity (Wildman–Crippen MR) is 74.6 cm³/mol. The Hall–Kier alpha value is -0.800. The third-order valence-corrected chi connectivity index (χ3v) is 3.02. The standard InChI is InChI=1S/C15H27NO2/c1-5-7-12(3)17-11-15-9-14(13(4)18-15)10-16-8-6-2/h9,12,16H,5-8,10-11H2,1-4H3. The van der Waals surface area contributed by atoms with Gasteiger partial charge in [0.25, 0.3) is 0 Å². The summed E-state index contributed by atoms with van der Waals surface area (Å²) in [5.41, 5.74) is 1.24. The van der Waals surface area contributed by atoms with Crippen LogP contribution in [0.3, 0.4) is 0 Å². The van der Waals surface area contributed by atoms with E-state index in [0.29, 0.717) is 12.7 Å². The van der Waals surface area contributed by atoms with Gasteiger partial charge in [0.05, 0.1) is 6.10 Å². The number of aryl methyl sites for hydroxylation is 1. The Balaban J connectivity index is 2.40. The van der Waals surface area contributed by atoms with Crippen LogP contribution in [0.2, 0.25) is 0 Å². The second kappa shape index (κ2) is 8.33. The molecule has 0 fully saturated rings. The van der Waals surface area contributed by atoms with Crippen LogP contribution < -0.4 is 5.32 Å². The van der Waals surface area contributed by atoms with E-state index >= 15 is 0 Å². The van der Waals surface area contributed by atoms with E-state index in [1.54, 1.807) is 0 Å². The Morgan fingerprint density at radius 3 is 2.78 bits per heavy atom. The van der Waals surface area contributed by atoms with Gasteiger partial charge in [-0.2, -0.15) is 0 Å². The summed E-state index contributed by atoms with van der Waals surface area (Å²) in [7, 11) is 0. The van der Waals surface area contributed by atoms with E-state index < -0.39 is 0 Å². The molecule has 0 saturated carbocycles. The van der Waals surface area contributed by atoms with Gasteiger partial charge < -0.3 is 14.5 Å². The van der Waals surface area contributed by atoms with Gasteiger partial charge in [0.15, 0.2) is 0 Å². The van der Waals surface area contributed by atoms with Crippen molar-refractivity contribution in [1.29, 1.82) is 0 Å². The monoisotopic (exact) mass is 253 g/mol. The molecule has 0 amide bonds. The summed E-state index contributed by atoms with van der Waals surface area (Å²) in [4.78, 5) is 0. The minimum absolute atomic E-state index is 0.307. The van der Waals surface area contributed by atoms with E-state index in [1.165, 1.54) is 5.56 Å². The minimum Gasteiger partial charge on any atom is -0.464 e. The summed E-state index contributed by atoms with van der Waals surface area (Å²) >= 11 is 0. The number of furan rings is 1. The molecule has 1 aromatic rings. The molecule has 1 atom stereocenters. The highest BCUT2D eigenvalue weighted by atomic mass is 16.5. The highest BCUT2D eigenvalue weighted by Crippen LogP contribution is 2.16. The maximum atomic E-state index is 5.75.